The molecule has 1 aromatic rings. The molecule has 0 aliphatic rings. The first-order valence-corrected chi connectivity index (χ1v) is 7.23. The molecule has 0 saturated carbocycles. The second-order valence-corrected chi connectivity index (χ2v) is 7.08. The van der Waals surface area contributed by atoms with E-state index in [0.29, 0.717) is 5.25 Å². The minimum Gasteiger partial charge on any atom is -0.398 e. The molecular weight excluding hydrogens is 244 g/mol. The zero-order valence-corrected chi connectivity index (χ0v) is 11.2. The van der Waals surface area contributed by atoms with Crippen molar-refractivity contribution in [3.8, 4) is 0 Å². The van der Waals surface area contributed by atoms with E-state index in [2.05, 4.69) is 18.6 Å². The van der Waals surface area contributed by atoms with E-state index in [1.807, 2.05) is 0 Å². The van der Waals surface area contributed by atoms with Crippen LogP contribution in [0.2, 0.25) is 0 Å². The molecule has 0 amide bonds. The van der Waals surface area contributed by atoms with Gasteiger partial charge in [0.2, 0.25) is 10.0 Å². The van der Waals surface area contributed by atoms with Gasteiger partial charge in [0.05, 0.1) is 5.69 Å². The molecule has 0 saturated heterocycles. The fourth-order valence-electron chi connectivity index (χ4n) is 1.23. The maximum absolute atomic E-state index is 11.6. The van der Waals surface area contributed by atoms with Crippen LogP contribution in [0.4, 0.5) is 5.69 Å². The number of nitrogens with one attached hydrogen (secondary N) is 1. The summed E-state index contributed by atoms with van der Waals surface area (Å²) < 4.78 is 25.4. The summed E-state index contributed by atoms with van der Waals surface area (Å²) in [6.45, 7) is 4.14. The molecule has 0 aliphatic heterocycles. The van der Waals surface area contributed by atoms with Gasteiger partial charge in [-0.3, -0.25) is 0 Å². The molecule has 0 aliphatic carbocycles. The van der Waals surface area contributed by atoms with Crippen LogP contribution in [-0.4, -0.2) is 20.7 Å². The molecule has 6 heteroatoms. The molecule has 1 rings (SSSR count). The second-order valence-electron chi connectivity index (χ2n) is 3.57. The highest BCUT2D eigenvalue weighted by molar-refractivity contribution is 7.99. The first-order valence-electron chi connectivity index (χ1n) is 4.86. The van der Waals surface area contributed by atoms with Gasteiger partial charge < -0.3 is 5.73 Å². The van der Waals surface area contributed by atoms with Crippen LogP contribution in [0, 0.1) is 0 Å². The van der Waals surface area contributed by atoms with Crippen LogP contribution in [0.1, 0.15) is 13.8 Å². The van der Waals surface area contributed by atoms with Gasteiger partial charge in [0.25, 0.3) is 0 Å². The predicted molar refractivity (Wildman–Crippen MR) is 68.1 cm³/mol. The smallest absolute Gasteiger partial charge is 0.242 e. The van der Waals surface area contributed by atoms with Crippen molar-refractivity contribution >= 4 is 27.5 Å². The predicted octanol–water partition coefficient (Wildman–Crippen LogP) is 1.68. The first-order chi connectivity index (χ1) is 7.36. The summed E-state index contributed by atoms with van der Waals surface area (Å²) in [5, 5.41) is 0.436. The number of hydrogen-bond acceptors (Lipinski definition) is 4. The van der Waals surface area contributed by atoms with Gasteiger partial charge in [0.15, 0.2) is 0 Å². The number of nitrogens with two attached hydrogens (primary N) is 1. The third-order valence-electron chi connectivity index (χ3n) is 1.91. The van der Waals surface area contributed by atoms with Crippen molar-refractivity contribution in [2.24, 2.45) is 0 Å². The minimum absolute atomic E-state index is 0.128. The zero-order valence-electron chi connectivity index (χ0n) is 9.52. The van der Waals surface area contributed by atoms with Crippen molar-refractivity contribution in [2.75, 3.05) is 12.8 Å². The number of rotatable bonds is 4. The number of nitrogen functional groups attached to an aromatic ring is 1. The molecule has 3 N–H and O–H groups in total. The van der Waals surface area contributed by atoms with Crippen LogP contribution < -0.4 is 10.5 Å². The Morgan fingerprint density at radius 2 is 2.00 bits per heavy atom. The molecule has 0 atom stereocenters. The summed E-state index contributed by atoms with van der Waals surface area (Å²) in [6, 6.07) is 4.99. The number of hydrogen-bond donors (Lipinski definition) is 2. The van der Waals surface area contributed by atoms with Gasteiger partial charge in [-0.2, -0.15) is 0 Å². The lowest BCUT2D eigenvalue weighted by Crippen LogP contribution is -2.19. The Morgan fingerprint density at radius 3 is 2.44 bits per heavy atom. The van der Waals surface area contributed by atoms with Gasteiger partial charge in [-0.25, -0.2) is 13.1 Å². The lowest BCUT2D eigenvalue weighted by Gasteiger charge is -2.09. The fourth-order valence-corrected chi connectivity index (χ4v) is 2.95. The van der Waals surface area contributed by atoms with Gasteiger partial charge in [0.1, 0.15) is 4.90 Å². The molecule has 0 fully saturated rings. The highest BCUT2D eigenvalue weighted by Gasteiger charge is 2.15. The first kappa shape index (κ1) is 13.3. The zero-order chi connectivity index (χ0) is 12.3. The van der Waals surface area contributed by atoms with Crippen molar-refractivity contribution in [2.45, 2.75) is 28.9 Å². The van der Waals surface area contributed by atoms with Gasteiger partial charge in [0, 0.05) is 10.1 Å². The third kappa shape index (κ3) is 3.13. The van der Waals surface area contributed by atoms with Crippen LogP contribution >= 0.6 is 11.8 Å². The monoisotopic (exact) mass is 260 g/mol. The van der Waals surface area contributed by atoms with Crippen LogP contribution in [0.25, 0.3) is 0 Å². The Bertz CT molecular complexity index is 470. The summed E-state index contributed by atoms with van der Waals surface area (Å²) in [6.07, 6.45) is 0. The molecule has 0 aromatic heterocycles. The Hall–Kier alpha value is -0.720. The topological polar surface area (TPSA) is 72.2 Å². The number of anilines is 1. The molecule has 0 heterocycles. The number of sulfonamides is 1. The SMILES string of the molecule is CNS(=O)(=O)c1ccc(SC(C)C)cc1N. The average Bonchev–Trinajstić information content (AvgIpc) is 2.16. The van der Waals surface area contributed by atoms with Crippen molar-refractivity contribution in [1.29, 1.82) is 0 Å². The third-order valence-corrected chi connectivity index (χ3v) is 4.40. The largest absolute Gasteiger partial charge is 0.398 e. The van der Waals surface area contributed by atoms with E-state index in [-0.39, 0.29) is 10.6 Å². The number of benzene rings is 1. The van der Waals surface area contributed by atoms with E-state index >= 15 is 0 Å². The van der Waals surface area contributed by atoms with Crippen LogP contribution in [0.5, 0.6) is 0 Å². The van der Waals surface area contributed by atoms with Gasteiger partial charge in [-0.05, 0) is 25.2 Å². The maximum Gasteiger partial charge on any atom is 0.242 e. The van der Waals surface area contributed by atoms with Crippen molar-refractivity contribution in [3.63, 3.8) is 0 Å². The van der Waals surface area contributed by atoms with Crippen molar-refractivity contribution in [1.82, 2.24) is 4.72 Å². The summed E-state index contributed by atoms with van der Waals surface area (Å²) in [4.78, 5) is 1.10. The van der Waals surface area contributed by atoms with Crippen molar-refractivity contribution < 1.29 is 8.42 Å². The lowest BCUT2D eigenvalue weighted by atomic mass is 10.3. The Kier molecular flexibility index (Phi) is 4.23. The number of thioether (sulfide) groups is 1. The molecule has 16 heavy (non-hydrogen) atoms. The summed E-state index contributed by atoms with van der Waals surface area (Å²) in [5.41, 5.74) is 6.00. The van der Waals surface area contributed by atoms with E-state index in [9.17, 15) is 8.42 Å². The van der Waals surface area contributed by atoms with Crippen LogP contribution in [-0.2, 0) is 10.0 Å². The fraction of sp³-hybridized carbons (Fsp3) is 0.400. The highest BCUT2D eigenvalue weighted by atomic mass is 32.2. The van der Waals surface area contributed by atoms with E-state index in [1.165, 1.54) is 13.1 Å². The quantitative estimate of drug-likeness (QED) is 0.638. The van der Waals surface area contributed by atoms with E-state index < -0.39 is 10.0 Å². The van der Waals surface area contributed by atoms with Crippen molar-refractivity contribution in [3.05, 3.63) is 18.2 Å². The molecule has 0 bridgehead atoms. The summed E-state index contributed by atoms with van der Waals surface area (Å²) in [5.74, 6) is 0. The van der Waals surface area contributed by atoms with Crippen LogP contribution in [0.3, 0.4) is 0 Å². The average molecular weight is 260 g/mol. The molecule has 90 valence electrons. The minimum atomic E-state index is -3.46. The van der Waals surface area contributed by atoms with Gasteiger partial charge in [-0.1, -0.05) is 13.8 Å². The second kappa shape index (κ2) is 5.07. The lowest BCUT2D eigenvalue weighted by molar-refractivity contribution is 0.588. The van der Waals surface area contributed by atoms with Crippen LogP contribution in [0.15, 0.2) is 28.0 Å². The summed E-state index contributed by atoms with van der Waals surface area (Å²) in [7, 11) is -2.09. The Labute approximate surface area is 101 Å². The molecule has 4 nitrogen and oxygen atoms in total. The molecule has 0 radical (unpaired) electrons. The molecule has 0 unspecified atom stereocenters. The normalized spacial score (nSPS) is 12.0. The van der Waals surface area contributed by atoms with Gasteiger partial charge in [-0.15, -0.1) is 11.8 Å². The molecule has 1 aromatic carbocycles. The molecular formula is C10H16N2O2S2. The van der Waals surface area contributed by atoms with Gasteiger partial charge >= 0.3 is 0 Å². The summed E-state index contributed by atoms with van der Waals surface area (Å²) >= 11 is 1.64. The highest BCUT2D eigenvalue weighted by Crippen LogP contribution is 2.28. The Balaban J connectivity index is 3.10. The maximum atomic E-state index is 11.6. The standard InChI is InChI=1S/C10H16N2O2S2/c1-7(2)15-8-4-5-10(9(11)6-8)16(13,14)12-3/h4-7,12H,11H2,1-3H3. The van der Waals surface area contributed by atoms with E-state index in [1.54, 1.807) is 23.9 Å². The Morgan fingerprint density at radius 1 is 1.38 bits per heavy atom. The molecule has 0 spiro atoms. The van der Waals surface area contributed by atoms with E-state index in [4.69, 9.17) is 5.73 Å². The van der Waals surface area contributed by atoms with E-state index in [0.717, 1.165) is 4.90 Å².